The lowest BCUT2D eigenvalue weighted by molar-refractivity contribution is -0.149. The van der Waals surface area contributed by atoms with Gasteiger partial charge in [-0.2, -0.15) is 0 Å². The molecule has 1 aliphatic carbocycles. The van der Waals surface area contributed by atoms with Crippen molar-refractivity contribution in [2.45, 2.75) is 65.0 Å². The van der Waals surface area contributed by atoms with Crippen LogP contribution in [0.25, 0.3) is 0 Å². The Morgan fingerprint density at radius 2 is 1.80 bits per heavy atom. The van der Waals surface area contributed by atoms with Crippen molar-refractivity contribution in [2.24, 2.45) is 11.7 Å². The molecule has 2 N–H and O–H groups in total. The van der Waals surface area contributed by atoms with E-state index >= 15 is 0 Å². The van der Waals surface area contributed by atoms with E-state index in [4.69, 9.17) is 10.5 Å². The highest BCUT2D eigenvalue weighted by Crippen LogP contribution is 2.29. The van der Waals surface area contributed by atoms with Crippen molar-refractivity contribution >= 4 is 18.4 Å². The molecule has 0 bridgehead atoms. The van der Waals surface area contributed by atoms with Crippen LogP contribution in [0.3, 0.4) is 0 Å². The maximum absolute atomic E-state index is 11.7. The Morgan fingerprint density at radius 3 is 2.20 bits per heavy atom. The summed E-state index contributed by atoms with van der Waals surface area (Å²) in [5.74, 6) is 0.101. The summed E-state index contributed by atoms with van der Waals surface area (Å²) in [4.78, 5) is 14.2. The van der Waals surface area contributed by atoms with Crippen LogP contribution in [0.4, 0.5) is 0 Å². The van der Waals surface area contributed by atoms with Crippen molar-refractivity contribution in [3.8, 4) is 0 Å². The van der Waals surface area contributed by atoms with Gasteiger partial charge in [0.1, 0.15) is 0 Å². The summed E-state index contributed by atoms with van der Waals surface area (Å²) in [5, 5.41) is 0. The van der Waals surface area contributed by atoms with Gasteiger partial charge in [-0.05, 0) is 53.0 Å². The Labute approximate surface area is 129 Å². The summed E-state index contributed by atoms with van der Waals surface area (Å²) < 4.78 is 5.11. The third-order valence-corrected chi connectivity index (χ3v) is 3.85. The van der Waals surface area contributed by atoms with Gasteiger partial charge in [-0.15, -0.1) is 12.4 Å². The predicted molar refractivity (Wildman–Crippen MR) is 85.1 cm³/mol. The van der Waals surface area contributed by atoms with Crippen molar-refractivity contribution in [1.82, 2.24) is 4.90 Å². The van der Waals surface area contributed by atoms with E-state index in [1.165, 1.54) is 0 Å². The molecule has 0 atom stereocenters. The zero-order valence-electron chi connectivity index (χ0n) is 13.4. The van der Waals surface area contributed by atoms with Crippen LogP contribution in [0.5, 0.6) is 0 Å². The van der Waals surface area contributed by atoms with Crippen molar-refractivity contribution in [3.63, 3.8) is 0 Å². The zero-order chi connectivity index (χ0) is 14.5. The topological polar surface area (TPSA) is 55.6 Å². The minimum Gasteiger partial charge on any atom is -0.466 e. The van der Waals surface area contributed by atoms with Crippen LogP contribution in [0.2, 0.25) is 0 Å². The number of nitrogens with two attached hydrogens (primary N) is 1. The molecule has 120 valence electrons. The average Bonchev–Trinajstić information content (AvgIpc) is 2.35. The fourth-order valence-electron chi connectivity index (χ4n) is 2.96. The van der Waals surface area contributed by atoms with E-state index in [-0.39, 0.29) is 29.8 Å². The second-order valence-corrected chi connectivity index (χ2v) is 6.31. The molecule has 0 heterocycles. The summed E-state index contributed by atoms with van der Waals surface area (Å²) >= 11 is 0. The summed E-state index contributed by atoms with van der Waals surface area (Å²) in [6.07, 6.45) is 4.05. The van der Waals surface area contributed by atoms with Crippen LogP contribution >= 0.6 is 12.4 Å². The number of carbonyl (C=O) groups is 1. The van der Waals surface area contributed by atoms with Crippen molar-refractivity contribution < 1.29 is 9.53 Å². The van der Waals surface area contributed by atoms with E-state index in [0.717, 1.165) is 38.8 Å². The molecule has 0 aromatic carbocycles. The van der Waals surface area contributed by atoms with E-state index in [1.807, 2.05) is 6.92 Å². The van der Waals surface area contributed by atoms with E-state index in [2.05, 4.69) is 25.7 Å². The van der Waals surface area contributed by atoms with E-state index < -0.39 is 0 Å². The number of esters is 1. The van der Waals surface area contributed by atoms with Crippen LogP contribution < -0.4 is 5.73 Å². The summed E-state index contributed by atoms with van der Waals surface area (Å²) in [7, 11) is 0. The fraction of sp³-hybridized carbons (Fsp3) is 0.933. The monoisotopic (exact) mass is 306 g/mol. The molecular weight excluding hydrogens is 276 g/mol. The van der Waals surface area contributed by atoms with Crippen LogP contribution in [0.1, 0.15) is 53.4 Å². The first-order valence-corrected chi connectivity index (χ1v) is 7.57. The fourth-order valence-corrected chi connectivity index (χ4v) is 2.96. The van der Waals surface area contributed by atoms with Crippen molar-refractivity contribution in [1.29, 1.82) is 0 Å². The minimum atomic E-state index is -0.159. The zero-order valence-corrected chi connectivity index (χ0v) is 14.2. The van der Waals surface area contributed by atoms with Gasteiger partial charge in [0.15, 0.2) is 0 Å². The lowest BCUT2D eigenvalue weighted by Gasteiger charge is -2.38. The Morgan fingerprint density at radius 1 is 1.25 bits per heavy atom. The second kappa shape index (κ2) is 8.85. The van der Waals surface area contributed by atoms with Gasteiger partial charge in [0.25, 0.3) is 0 Å². The number of likely N-dealkylation sites (N-methyl/N-ethyl adjacent to an activating group) is 1. The third-order valence-electron chi connectivity index (χ3n) is 3.85. The number of rotatable bonds is 6. The maximum atomic E-state index is 11.7. The number of hydrogen-bond acceptors (Lipinski definition) is 4. The molecular formula is C15H31ClN2O2. The summed E-state index contributed by atoms with van der Waals surface area (Å²) in [6.45, 7) is 10.6. The highest BCUT2D eigenvalue weighted by atomic mass is 35.5. The lowest BCUT2D eigenvalue weighted by Crippen LogP contribution is -2.50. The average molecular weight is 307 g/mol. The van der Waals surface area contributed by atoms with Crippen LogP contribution in [0.15, 0.2) is 0 Å². The predicted octanol–water partition coefficient (Wildman–Crippen LogP) is 2.59. The standard InChI is InChI=1S/C15H30N2O2.ClH/c1-5-17(11-15(3,4)16)13-9-7-12(8-10-13)14(18)19-6-2;/h12-13H,5-11,16H2,1-4H3;1H. The largest absolute Gasteiger partial charge is 0.466 e. The van der Waals surface area contributed by atoms with Crippen LogP contribution in [-0.2, 0) is 9.53 Å². The van der Waals surface area contributed by atoms with Crippen LogP contribution in [-0.4, -0.2) is 42.1 Å². The van der Waals surface area contributed by atoms with Gasteiger partial charge in [0.2, 0.25) is 0 Å². The maximum Gasteiger partial charge on any atom is 0.308 e. The number of nitrogens with zero attached hydrogens (tertiary/aromatic N) is 1. The van der Waals surface area contributed by atoms with Gasteiger partial charge in [-0.1, -0.05) is 6.92 Å². The second-order valence-electron chi connectivity index (χ2n) is 6.31. The number of hydrogen-bond donors (Lipinski definition) is 1. The summed E-state index contributed by atoms with van der Waals surface area (Å²) in [5.41, 5.74) is 5.96. The molecule has 4 nitrogen and oxygen atoms in total. The Bertz CT molecular complexity index is 284. The first-order chi connectivity index (χ1) is 8.87. The third kappa shape index (κ3) is 6.42. The highest BCUT2D eigenvalue weighted by molar-refractivity contribution is 5.85. The molecule has 0 saturated heterocycles. The van der Waals surface area contributed by atoms with Crippen LogP contribution in [0, 0.1) is 5.92 Å². The Hall–Kier alpha value is -0.320. The Kier molecular flexibility index (Phi) is 8.71. The smallest absolute Gasteiger partial charge is 0.308 e. The van der Waals surface area contributed by atoms with Gasteiger partial charge < -0.3 is 10.5 Å². The van der Waals surface area contributed by atoms with Gasteiger partial charge in [-0.25, -0.2) is 0 Å². The molecule has 0 amide bonds. The molecule has 0 spiro atoms. The van der Waals surface area contributed by atoms with E-state index in [1.54, 1.807) is 0 Å². The van der Waals surface area contributed by atoms with E-state index in [9.17, 15) is 4.79 Å². The van der Waals surface area contributed by atoms with Gasteiger partial charge in [-0.3, -0.25) is 9.69 Å². The quantitative estimate of drug-likeness (QED) is 0.766. The van der Waals surface area contributed by atoms with Crippen molar-refractivity contribution in [2.75, 3.05) is 19.7 Å². The molecule has 0 unspecified atom stereocenters. The van der Waals surface area contributed by atoms with Gasteiger partial charge >= 0.3 is 5.97 Å². The molecule has 0 aromatic rings. The molecule has 0 aliphatic heterocycles. The molecule has 20 heavy (non-hydrogen) atoms. The van der Waals surface area contributed by atoms with Gasteiger partial charge in [0, 0.05) is 18.1 Å². The number of carbonyl (C=O) groups excluding carboxylic acids is 1. The number of halogens is 1. The molecule has 1 saturated carbocycles. The normalized spacial score (nSPS) is 23.3. The molecule has 1 rings (SSSR count). The molecule has 1 aliphatic rings. The summed E-state index contributed by atoms with van der Waals surface area (Å²) in [6, 6.07) is 0.568. The molecule has 1 fully saturated rings. The molecule has 0 aromatic heterocycles. The highest BCUT2D eigenvalue weighted by Gasteiger charge is 2.31. The first kappa shape index (κ1) is 19.7. The molecule has 5 heteroatoms. The number of ether oxygens (including phenoxy) is 1. The first-order valence-electron chi connectivity index (χ1n) is 7.57. The van der Waals surface area contributed by atoms with Crippen molar-refractivity contribution in [3.05, 3.63) is 0 Å². The SMILES string of the molecule is CCOC(=O)C1CCC(N(CC)CC(C)(C)N)CC1.Cl. The lowest BCUT2D eigenvalue weighted by atomic mass is 9.85. The van der Waals surface area contributed by atoms with E-state index in [0.29, 0.717) is 12.6 Å². The molecule has 0 radical (unpaired) electrons. The Balaban J connectivity index is 0.00000361. The van der Waals surface area contributed by atoms with Gasteiger partial charge in [0.05, 0.1) is 12.5 Å². The minimum absolute atomic E-state index is 0.